The van der Waals surface area contributed by atoms with Crippen molar-refractivity contribution >= 4 is 11.9 Å². The van der Waals surface area contributed by atoms with Crippen LogP contribution in [0.1, 0.15) is 12.2 Å². The highest BCUT2D eigenvalue weighted by molar-refractivity contribution is 5.85. The Kier molecular flexibility index (Phi) is 7.73. The smallest absolute Gasteiger partial charge is 0.243 e. The second-order valence-electron chi connectivity index (χ2n) is 7.70. The predicted octanol–water partition coefficient (Wildman–Crippen LogP) is 0.510. The monoisotopic (exact) mass is 391 g/mol. The summed E-state index contributed by atoms with van der Waals surface area (Å²) in [6, 6.07) is 3.87. The molecule has 28 heavy (non-hydrogen) atoms. The number of likely N-dealkylation sites (N-methyl/N-ethyl adjacent to an activating group) is 1. The number of hydrogen-bond acceptors (Lipinski definition) is 5. The third-order valence-electron chi connectivity index (χ3n) is 5.30. The number of hydrogen-bond donors (Lipinski definition) is 1. The molecule has 8 nitrogen and oxygen atoms in total. The van der Waals surface area contributed by atoms with Gasteiger partial charge in [-0.1, -0.05) is 0 Å². The minimum Gasteiger partial charge on any atom is -0.469 e. The Hall–Kier alpha value is -2.06. The second kappa shape index (κ2) is 10.5. The number of nitrogens with one attached hydrogen (secondary N) is 1. The molecular formula is C20H33N5O3. The van der Waals surface area contributed by atoms with Gasteiger partial charge < -0.3 is 24.3 Å². The van der Waals surface area contributed by atoms with Crippen molar-refractivity contribution in [3.63, 3.8) is 0 Å². The quantitative estimate of drug-likeness (QED) is 0.539. The minimum atomic E-state index is 0.00870. The van der Waals surface area contributed by atoms with Crippen molar-refractivity contribution in [2.45, 2.75) is 12.8 Å². The van der Waals surface area contributed by atoms with Crippen molar-refractivity contribution in [2.24, 2.45) is 10.9 Å². The van der Waals surface area contributed by atoms with E-state index >= 15 is 0 Å². The van der Waals surface area contributed by atoms with Crippen LogP contribution in [0.25, 0.3) is 0 Å². The van der Waals surface area contributed by atoms with E-state index in [1.807, 2.05) is 12.1 Å². The van der Waals surface area contributed by atoms with Gasteiger partial charge in [0, 0.05) is 59.8 Å². The summed E-state index contributed by atoms with van der Waals surface area (Å²) in [6.45, 7) is 7.67. The van der Waals surface area contributed by atoms with Gasteiger partial charge in [0.05, 0.1) is 19.5 Å². The first-order chi connectivity index (χ1) is 13.6. The van der Waals surface area contributed by atoms with E-state index in [0.29, 0.717) is 5.92 Å². The number of morpholine rings is 1. The average Bonchev–Trinajstić information content (AvgIpc) is 3.37. The van der Waals surface area contributed by atoms with Gasteiger partial charge in [-0.25, -0.2) is 4.99 Å². The normalized spacial score (nSPS) is 21.1. The fourth-order valence-electron chi connectivity index (χ4n) is 3.63. The van der Waals surface area contributed by atoms with Crippen LogP contribution in [0.4, 0.5) is 0 Å². The van der Waals surface area contributed by atoms with Crippen LogP contribution in [-0.2, 0) is 16.0 Å². The standard InChI is InChI=1S/C20H33N5O3/c1-23(2)19(26)14-22-20(21-7-5-18-4-3-11-28-18)25-8-6-17(16-25)15-24-9-12-27-13-10-24/h3-4,11,17H,5-10,12-16H2,1-2H3,(H,21,22). The molecule has 2 aliphatic rings. The first-order valence-electron chi connectivity index (χ1n) is 10.2. The molecule has 3 heterocycles. The van der Waals surface area contributed by atoms with Crippen molar-refractivity contribution in [3.8, 4) is 0 Å². The Morgan fingerprint density at radius 3 is 2.86 bits per heavy atom. The molecule has 1 N–H and O–H groups in total. The van der Waals surface area contributed by atoms with Crippen molar-refractivity contribution < 1.29 is 13.9 Å². The van der Waals surface area contributed by atoms with E-state index in [1.54, 1.807) is 25.3 Å². The largest absolute Gasteiger partial charge is 0.469 e. The first kappa shape index (κ1) is 20.7. The van der Waals surface area contributed by atoms with Crippen LogP contribution in [0.2, 0.25) is 0 Å². The molecule has 3 rings (SSSR count). The van der Waals surface area contributed by atoms with E-state index in [0.717, 1.165) is 77.0 Å². The fraction of sp³-hybridized carbons (Fsp3) is 0.700. The maximum atomic E-state index is 12.0. The van der Waals surface area contributed by atoms with Gasteiger partial charge in [-0.15, -0.1) is 0 Å². The third kappa shape index (κ3) is 6.24. The number of aliphatic imine (C=N–C) groups is 1. The zero-order valence-corrected chi connectivity index (χ0v) is 17.1. The van der Waals surface area contributed by atoms with Gasteiger partial charge >= 0.3 is 0 Å². The molecule has 0 spiro atoms. The van der Waals surface area contributed by atoms with E-state index in [1.165, 1.54) is 0 Å². The minimum absolute atomic E-state index is 0.00870. The zero-order chi connectivity index (χ0) is 19.8. The van der Waals surface area contributed by atoms with Crippen LogP contribution in [0.15, 0.2) is 27.8 Å². The summed E-state index contributed by atoms with van der Waals surface area (Å²) in [4.78, 5) is 23.0. The molecule has 0 aliphatic carbocycles. The number of carbonyl (C=O) groups excluding carboxylic acids is 1. The molecule has 0 bridgehead atoms. The number of rotatable bonds is 7. The molecule has 0 aromatic carbocycles. The van der Waals surface area contributed by atoms with Crippen LogP contribution in [-0.4, -0.2) is 99.7 Å². The van der Waals surface area contributed by atoms with Gasteiger partial charge in [0.15, 0.2) is 5.96 Å². The number of amides is 1. The average molecular weight is 392 g/mol. The van der Waals surface area contributed by atoms with E-state index in [-0.39, 0.29) is 12.5 Å². The van der Waals surface area contributed by atoms with Crippen LogP contribution >= 0.6 is 0 Å². The Bertz CT molecular complexity index is 626. The molecule has 0 radical (unpaired) electrons. The van der Waals surface area contributed by atoms with E-state index in [2.05, 4.69) is 20.1 Å². The van der Waals surface area contributed by atoms with E-state index < -0.39 is 0 Å². The summed E-state index contributed by atoms with van der Waals surface area (Å²) < 4.78 is 10.8. The number of furan rings is 1. The van der Waals surface area contributed by atoms with Gasteiger partial charge in [-0.2, -0.15) is 0 Å². The van der Waals surface area contributed by atoms with Gasteiger partial charge in [0.25, 0.3) is 0 Å². The summed E-state index contributed by atoms with van der Waals surface area (Å²) in [5, 5.41) is 3.43. The van der Waals surface area contributed by atoms with Crippen LogP contribution in [0.3, 0.4) is 0 Å². The summed E-state index contributed by atoms with van der Waals surface area (Å²) in [5.74, 6) is 2.41. The molecule has 1 aromatic heterocycles. The van der Waals surface area contributed by atoms with Gasteiger partial charge in [-0.05, 0) is 24.5 Å². The summed E-state index contributed by atoms with van der Waals surface area (Å²) in [6.07, 6.45) is 3.63. The van der Waals surface area contributed by atoms with Gasteiger partial charge in [0.2, 0.25) is 5.91 Å². The molecule has 1 amide bonds. The van der Waals surface area contributed by atoms with Crippen LogP contribution in [0.5, 0.6) is 0 Å². The Labute approximate surface area is 167 Å². The maximum absolute atomic E-state index is 12.0. The topological polar surface area (TPSA) is 73.6 Å². The molecule has 1 unspecified atom stereocenters. The molecule has 1 aromatic rings. The van der Waals surface area contributed by atoms with Gasteiger partial charge in [-0.3, -0.25) is 9.69 Å². The lowest BCUT2D eigenvalue weighted by Gasteiger charge is -2.29. The predicted molar refractivity (Wildman–Crippen MR) is 108 cm³/mol. The lowest BCUT2D eigenvalue weighted by molar-refractivity contribution is -0.127. The second-order valence-corrected chi connectivity index (χ2v) is 7.70. The van der Waals surface area contributed by atoms with Crippen molar-refractivity contribution in [1.29, 1.82) is 0 Å². The highest BCUT2D eigenvalue weighted by atomic mass is 16.5. The Morgan fingerprint density at radius 2 is 2.14 bits per heavy atom. The summed E-state index contributed by atoms with van der Waals surface area (Å²) in [5.41, 5.74) is 0. The van der Waals surface area contributed by atoms with Crippen LogP contribution in [0, 0.1) is 5.92 Å². The van der Waals surface area contributed by atoms with E-state index in [4.69, 9.17) is 9.15 Å². The highest BCUT2D eigenvalue weighted by Crippen LogP contribution is 2.18. The Morgan fingerprint density at radius 1 is 1.32 bits per heavy atom. The van der Waals surface area contributed by atoms with Crippen molar-refractivity contribution in [3.05, 3.63) is 24.2 Å². The number of likely N-dealkylation sites (tertiary alicyclic amines) is 1. The summed E-state index contributed by atoms with van der Waals surface area (Å²) >= 11 is 0. The lowest BCUT2D eigenvalue weighted by Crippen LogP contribution is -2.43. The SMILES string of the molecule is CN(C)C(=O)CN=C(NCCc1ccco1)N1CCC(CN2CCOCC2)C1. The first-order valence-corrected chi connectivity index (χ1v) is 10.2. The molecule has 0 saturated carbocycles. The number of guanidine groups is 1. The maximum Gasteiger partial charge on any atom is 0.243 e. The fourth-order valence-corrected chi connectivity index (χ4v) is 3.63. The highest BCUT2D eigenvalue weighted by Gasteiger charge is 2.27. The number of carbonyl (C=O) groups is 1. The Balaban J connectivity index is 1.54. The third-order valence-corrected chi connectivity index (χ3v) is 5.30. The van der Waals surface area contributed by atoms with Gasteiger partial charge in [0.1, 0.15) is 12.3 Å². The molecule has 156 valence electrons. The van der Waals surface area contributed by atoms with Crippen molar-refractivity contribution in [1.82, 2.24) is 20.0 Å². The molecule has 2 fully saturated rings. The lowest BCUT2D eigenvalue weighted by atomic mass is 10.1. The number of nitrogens with zero attached hydrogens (tertiary/aromatic N) is 4. The number of ether oxygens (including phenoxy) is 1. The zero-order valence-electron chi connectivity index (χ0n) is 17.1. The van der Waals surface area contributed by atoms with Crippen LogP contribution < -0.4 is 5.32 Å². The van der Waals surface area contributed by atoms with Crippen molar-refractivity contribution in [2.75, 3.05) is 73.1 Å². The molecular weight excluding hydrogens is 358 g/mol. The van der Waals surface area contributed by atoms with E-state index in [9.17, 15) is 4.79 Å². The molecule has 2 saturated heterocycles. The molecule has 2 aliphatic heterocycles. The molecule has 1 atom stereocenters. The molecule has 8 heteroatoms. The summed E-state index contributed by atoms with van der Waals surface area (Å²) in [7, 11) is 3.52.